The summed E-state index contributed by atoms with van der Waals surface area (Å²) >= 11 is 4.99. The molecule has 112 valence electrons. The maximum absolute atomic E-state index is 12.7. The molecule has 0 unspecified atom stereocenters. The molecule has 0 radical (unpaired) electrons. The van der Waals surface area contributed by atoms with Crippen molar-refractivity contribution in [3.05, 3.63) is 35.9 Å². The Kier molecular flexibility index (Phi) is 4.98. The first-order valence-corrected chi connectivity index (χ1v) is 6.77. The van der Waals surface area contributed by atoms with Gasteiger partial charge in [0.05, 0.1) is 24.2 Å². The molecule has 4 nitrogen and oxygen atoms in total. The molecule has 0 aliphatic heterocycles. The first-order valence-electron chi connectivity index (χ1n) is 6.36. The number of aliphatic hydroxyl groups is 1. The summed E-state index contributed by atoms with van der Waals surface area (Å²) in [5, 5.41) is 9.90. The van der Waals surface area contributed by atoms with E-state index >= 15 is 0 Å². The highest BCUT2D eigenvalue weighted by Crippen LogP contribution is 2.24. The summed E-state index contributed by atoms with van der Waals surface area (Å²) in [5.41, 5.74) is 6.77. The minimum absolute atomic E-state index is 0.0330. The van der Waals surface area contributed by atoms with Gasteiger partial charge in [-0.2, -0.15) is 0 Å². The largest absolute Gasteiger partial charge is 0.395 e. The van der Waals surface area contributed by atoms with Crippen LogP contribution in [0.15, 0.2) is 30.3 Å². The molecule has 2 aromatic rings. The van der Waals surface area contributed by atoms with Crippen LogP contribution in [0, 0.1) is 0 Å². The number of rotatable bonds is 6. The Hall–Kier alpha value is -1.86. The standard InChI is InChI=1S/C14H15F2N3OS/c15-12(16)8-19(5-6-20)14-10(13(17)21)7-9-3-1-2-4-11(9)18-14/h1-4,7,12,20H,5-6,8H2,(H2,17,21). The molecule has 3 N–H and O–H groups in total. The zero-order chi connectivity index (χ0) is 15.4. The molecule has 7 heteroatoms. The van der Waals surface area contributed by atoms with Gasteiger partial charge in [0.1, 0.15) is 10.8 Å². The molecule has 0 amide bonds. The topological polar surface area (TPSA) is 62.4 Å². The molecule has 0 aliphatic rings. The fourth-order valence-corrected chi connectivity index (χ4v) is 2.25. The molecule has 1 heterocycles. The summed E-state index contributed by atoms with van der Waals surface area (Å²) in [6, 6.07) is 9.01. The van der Waals surface area contributed by atoms with Crippen LogP contribution in [0.25, 0.3) is 10.9 Å². The number of nitrogens with two attached hydrogens (primary N) is 1. The van der Waals surface area contributed by atoms with Crippen LogP contribution < -0.4 is 10.6 Å². The lowest BCUT2D eigenvalue weighted by Crippen LogP contribution is -2.34. The number of benzene rings is 1. The van der Waals surface area contributed by atoms with Gasteiger partial charge >= 0.3 is 0 Å². The van der Waals surface area contributed by atoms with E-state index in [1.165, 1.54) is 4.90 Å². The van der Waals surface area contributed by atoms with E-state index in [2.05, 4.69) is 4.98 Å². The normalized spacial score (nSPS) is 11.0. The monoisotopic (exact) mass is 311 g/mol. The predicted octanol–water partition coefficient (Wildman–Crippen LogP) is 1.93. The van der Waals surface area contributed by atoms with Crippen LogP contribution >= 0.6 is 12.2 Å². The summed E-state index contributed by atoms with van der Waals surface area (Å²) in [5.74, 6) is 0.274. The van der Waals surface area contributed by atoms with Gasteiger partial charge in [-0.05, 0) is 12.1 Å². The molecular formula is C14H15F2N3OS. The van der Waals surface area contributed by atoms with Gasteiger partial charge in [0.15, 0.2) is 0 Å². The Morgan fingerprint density at radius 3 is 2.71 bits per heavy atom. The van der Waals surface area contributed by atoms with Crippen LogP contribution in [0.3, 0.4) is 0 Å². The zero-order valence-electron chi connectivity index (χ0n) is 11.2. The maximum atomic E-state index is 12.7. The van der Waals surface area contributed by atoms with Crippen molar-refractivity contribution in [3.8, 4) is 0 Å². The molecule has 1 aromatic heterocycles. The van der Waals surface area contributed by atoms with E-state index in [9.17, 15) is 8.78 Å². The van der Waals surface area contributed by atoms with Gasteiger partial charge in [-0.1, -0.05) is 30.4 Å². The molecular weight excluding hydrogens is 296 g/mol. The van der Waals surface area contributed by atoms with E-state index in [1.807, 2.05) is 18.2 Å². The number of aromatic nitrogens is 1. The lowest BCUT2D eigenvalue weighted by molar-refractivity contribution is 0.152. The summed E-state index contributed by atoms with van der Waals surface area (Å²) in [6.07, 6.45) is -2.55. The van der Waals surface area contributed by atoms with E-state index in [0.717, 1.165) is 5.39 Å². The highest BCUT2D eigenvalue weighted by atomic mass is 32.1. The number of pyridine rings is 1. The molecule has 0 fully saturated rings. The second-order valence-electron chi connectivity index (χ2n) is 4.48. The second-order valence-corrected chi connectivity index (χ2v) is 4.92. The minimum atomic E-state index is -2.55. The van der Waals surface area contributed by atoms with E-state index < -0.39 is 13.0 Å². The fraction of sp³-hybridized carbons (Fsp3) is 0.286. The third kappa shape index (κ3) is 3.62. The Morgan fingerprint density at radius 2 is 2.10 bits per heavy atom. The van der Waals surface area contributed by atoms with Crippen molar-refractivity contribution in [3.63, 3.8) is 0 Å². The number of nitrogens with zero attached hydrogens (tertiary/aromatic N) is 2. The average Bonchev–Trinajstić information content (AvgIpc) is 2.45. The predicted molar refractivity (Wildman–Crippen MR) is 82.9 cm³/mol. The van der Waals surface area contributed by atoms with Crippen molar-refractivity contribution in [2.24, 2.45) is 5.73 Å². The first-order chi connectivity index (χ1) is 10.0. The summed E-state index contributed by atoms with van der Waals surface area (Å²) in [7, 11) is 0. The number of hydrogen-bond donors (Lipinski definition) is 2. The molecule has 2 rings (SSSR count). The third-order valence-electron chi connectivity index (χ3n) is 3.00. The van der Waals surface area contributed by atoms with Crippen molar-refractivity contribution in [2.45, 2.75) is 6.43 Å². The zero-order valence-corrected chi connectivity index (χ0v) is 12.0. The lowest BCUT2D eigenvalue weighted by atomic mass is 10.1. The van der Waals surface area contributed by atoms with Gasteiger partial charge in [0.25, 0.3) is 6.43 Å². The molecule has 0 aliphatic carbocycles. The Balaban J connectivity index is 2.57. The van der Waals surface area contributed by atoms with Gasteiger partial charge in [-0.3, -0.25) is 0 Å². The third-order valence-corrected chi connectivity index (χ3v) is 3.22. The van der Waals surface area contributed by atoms with E-state index in [1.54, 1.807) is 12.1 Å². The average molecular weight is 311 g/mol. The van der Waals surface area contributed by atoms with Gasteiger partial charge in [0, 0.05) is 11.9 Å². The number of para-hydroxylation sites is 1. The van der Waals surface area contributed by atoms with Crippen LogP contribution in [0.1, 0.15) is 5.56 Å². The number of halogens is 2. The van der Waals surface area contributed by atoms with Crippen LogP contribution in [0.5, 0.6) is 0 Å². The minimum Gasteiger partial charge on any atom is -0.395 e. The number of anilines is 1. The van der Waals surface area contributed by atoms with E-state index in [-0.39, 0.29) is 24.0 Å². The van der Waals surface area contributed by atoms with Gasteiger partial charge < -0.3 is 15.7 Å². The highest BCUT2D eigenvalue weighted by Gasteiger charge is 2.19. The Labute approximate surface area is 126 Å². The lowest BCUT2D eigenvalue weighted by Gasteiger charge is -2.25. The van der Waals surface area contributed by atoms with Gasteiger partial charge in [-0.15, -0.1) is 0 Å². The van der Waals surface area contributed by atoms with Crippen LogP contribution in [-0.2, 0) is 0 Å². The molecule has 0 bridgehead atoms. The van der Waals surface area contributed by atoms with Crippen molar-refractivity contribution in [1.29, 1.82) is 0 Å². The quantitative estimate of drug-likeness (QED) is 0.798. The van der Waals surface area contributed by atoms with Crippen molar-refractivity contribution < 1.29 is 13.9 Å². The van der Waals surface area contributed by atoms with E-state index in [4.69, 9.17) is 23.1 Å². The molecule has 1 aromatic carbocycles. The summed E-state index contributed by atoms with van der Waals surface area (Å²) in [4.78, 5) is 5.76. The highest BCUT2D eigenvalue weighted by molar-refractivity contribution is 7.80. The number of alkyl halides is 2. The summed E-state index contributed by atoms with van der Waals surface area (Å²) < 4.78 is 25.5. The Bertz CT molecular complexity index is 651. The fourth-order valence-electron chi connectivity index (χ4n) is 2.10. The molecule has 0 atom stereocenters. The Morgan fingerprint density at radius 1 is 1.38 bits per heavy atom. The molecule has 21 heavy (non-hydrogen) atoms. The van der Waals surface area contributed by atoms with Crippen molar-refractivity contribution in [2.75, 3.05) is 24.6 Å². The number of thiocarbonyl (C=S) groups is 1. The van der Waals surface area contributed by atoms with Crippen molar-refractivity contribution in [1.82, 2.24) is 4.98 Å². The number of fused-ring (bicyclic) bond motifs is 1. The summed E-state index contributed by atoms with van der Waals surface area (Å²) in [6.45, 7) is -0.773. The van der Waals surface area contributed by atoms with E-state index in [0.29, 0.717) is 11.1 Å². The number of aliphatic hydroxyl groups excluding tert-OH is 1. The smallest absolute Gasteiger partial charge is 0.255 e. The van der Waals surface area contributed by atoms with Crippen LogP contribution in [0.4, 0.5) is 14.6 Å². The SMILES string of the molecule is NC(=S)c1cc2ccccc2nc1N(CCO)CC(F)F. The van der Waals surface area contributed by atoms with Crippen molar-refractivity contribution >= 4 is 33.9 Å². The van der Waals surface area contributed by atoms with Crippen LogP contribution in [-0.4, -0.2) is 41.2 Å². The second kappa shape index (κ2) is 6.73. The van der Waals surface area contributed by atoms with Gasteiger partial charge in [-0.25, -0.2) is 13.8 Å². The molecule has 0 spiro atoms. The molecule has 0 saturated heterocycles. The maximum Gasteiger partial charge on any atom is 0.255 e. The molecule has 0 saturated carbocycles. The number of hydrogen-bond acceptors (Lipinski definition) is 4. The first kappa shape index (κ1) is 15.5. The van der Waals surface area contributed by atoms with Crippen LogP contribution in [0.2, 0.25) is 0 Å². The van der Waals surface area contributed by atoms with Gasteiger partial charge in [0.2, 0.25) is 0 Å².